The number of likely N-dealkylation sites (N-methyl/N-ethyl adjacent to an activating group) is 1. The molecule has 2 atom stereocenters. The minimum absolute atomic E-state index is 0.0209. The van der Waals surface area contributed by atoms with E-state index in [2.05, 4.69) is 24.1 Å². The van der Waals surface area contributed by atoms with E-state index < -0.39 is 0 Å². The van der Waals surface area contributed by atoms with Crippen LogP contribution in [0.15, 0.2) is 0 Å². The Morgan fingerprint density at radius 3 is 2.64 bits per heavy atom. The first-order valence-corrected chi connectivity index (χ1v) is 5.07. The van der Waals surface area contributed by atoms with Gasteiger partial charge >= 0.3 is 5.97 Å². The lowest BCUT2D eigenvalue weighted by molar-refractivity contribution is -0.145. The average molecular weight is 200 g/mol. The molecule has 1 fully saturated rings. The Balaban J connectivity index is 2.58. The molecular formula is C10H20N2O2. The lowest BCUT2D eigenvalue weighted by Gasteiger charge is -2.20. The van der Waals surface area contributed by atoms with Crippen LogP contribution in [0.1, 0.15) is 13.8 Å². The van der Waals surface area contributed by atoms with Crippen LogP contribution >= 0.6 is 0 Å². The van der Waals surface area contributed by atoms with Crippen molar-refractivity contribution in [1.29, 1.82) is 0 Å². The van der Waals surface area contributed by atoms with E-state index in [1.807, 2.05) is 7.05 Å². The van der Waals surface area contributed by atoms with Crippen LogP contribution in [0.4, 0.5) is 0 Å². The fraction of sp³-hybridized carbons (Fsp3) is 0.900. The summed E-state index contributed by atoms with van der Waals surface area (Å²) in [6.45, 7) is 5.88. The molecule has 1 aliphatic rings. The predicted octanol–water partition coefficient (Wildman–Crippen LogP) is 0.0876. The lowest BCUT2D eigenvalue weighted by atomic mass is 10.0. The summed E-state index contributed by atoms with van der Waals surface area (Å²) in [6, 6.07) is 0.631. The number of ether oxygens (including phenoxy) is 1. The highest BCUT2D eigenvalue weighted by atomic mass is 16.5. The van der Waals surface area contributed by atoms with Gasteiger partial charge < -0.3 is 15.0 Å². The number of methoxy groups -OCH3 is 1. The first-order valence-electron chi connectivity index (χ1n) is 5.07. The number of esters is 1. The smallest absolute Gasteiger partial charge is 0.311 e. The molecule has 0 aromatic heterocycles. The highest BCUT2D eigenvalue weighted by Crippen LogP contribution is 2.17. The first-order chi connectivity index (χ1) is 6.54. The van der Waals surface area contributed by atoms with Crippen LogP contribution in [0.5, 0.6) is 0 Å². The van der Waals surface area contributed by atoms with Gasteiger partial charge in [-0.3, -0.25) is 4.79 Å². The quantitative estimate of drug-likeness (QED) is 0.655. The Bertz CT molecular complexity index is 206. The van der Waals surface area contributed by atoms with E-state index >= 15 is 0 Å². The number of carbonyl (C=O) groups is 1. The summed E-state index contributed by atoms with van der Waals surface area (Å²) in [5.74, 6) is -0.125. The summed E-state index contributed by atoms with van der Waals surface area (Å²) >= 11 is 0. The standard InChI is InChI=1S/C10H20N2O2/c1-7(2)11-9-6-12(3)5-8(9)10(13)14-4/h7-9,11H,5-6H2,1-4H3. The lowest BCUT2D eigenvalue weighted by Crippen LogP contribution is -2.43. The van der Waals surface area contributed by atoms with Gasteiger partial charge in [0.15, 0.2) is 0 Å². The molecule has 0 amide bonds. The molecule has 0 aromatic rings. The van der Waals surface area contributed by atoms with Crippen LogP contribution in [-0.4, -0.2) is 50.2 Å². The van der Waals surface area contributed by atoms with Gasteiger partial charge in [0.05, 0.1) is 13.0 Å². The number of hydrogen-bond acceptors (Lipinski definition) is 4. The van der Waals surface area contributed by atoms with Crippen molar-refractivity contribution in [2.24, 2.45) is 5.92 Å². The molecule has 1 N–H and O–H groups in total. The van der Waals surface area contributed by atoms with E-state index in [4.69, 9.17) is 4.74 Å². The minimum Gasteiger partial charge on any atom is -0.469 e. The Kier molecular flexibility index (Phi) is 3.89. The van der Waals surface area contributed by atoms with Gasteiger partial charge in [-0.25, -0.2) is 0 Å². The van der Waals surface area contributed by atoms with Crippen molar-refractivity contribution in [2.45, 2.75) is 25.9 Å². The molecular weight excluding hydrogens is 180 g/mol. The third-order valence-corrected chi connectivity index (χ3v) is 2.55. The maximum atomic E-state index is 11.5. The minimum atomic E-state index is -0.104. The number of nitrogens with one attached hydrogen (secondary N) is 1. The zero-order valence-corrected chi connectivity index (χ0v) is 9.41. The topological polar surface area (TPSA) is 41.6 Å². The normalized spacial score (nSPS) is 28.4. The zero-order valence-electron chi connectivity index (χ0n) is 9.41. The fourth-order valence-corrected chi connectivity index (χ4v) is 1.99. The molecule has 4 nitrogen and oxygen atoms in total. The Morgan fingerprint density at radius 1 is 1.50 bits per heavy atom. The molecule has 82 valence electrons. The van der Waals surface area contributed by atoms with E-state index in [9.17, 15) is 4.79 Å². The summed E-state index contributed by atoms with van der Waals surface area (Å²) in [7, 11) is 3.48. The van der Waals surface area contributed by atoms with Gasteiger partial charge in [-0.15, -0.1) is 0 Å². The van der Waals surface area contributed by atoms with Crippen LogP contribution in [0.3, 0.4) is 0 Å². The third kappa shape index (κ3) is 2.69. The largest absolute Gasteiger partial charge is 0.469 e. The molecule has 0 spiro atoms. The maximum Gasteiger partial charge on any atom is 0.311 e. The van der Waals surface area contributed by atoms with Crippen LogP contribution in [0.2, 0.25) is 0 Å². The summed E-state index contributed by atoms with van der Waals surface area (Å²) in [4.78, 5) is 13.6. The molecule has 2 unspecified atom stereocenters. The number of likely N-dealkylation sites (tertiary alicyclic amines) is 1. The number of nitrogens with zero attached hydrogens (tertiary/aromatic N) is 1. The van der Waals surface area contributed by atoms with E-state index in [0.717, 1.165) is 13.1 Å². The second kappa shape index (κ2) is 4.75. The van der Waals surface area contributed by atoms with Gasteiger partial charge in [-0.1, -0.05) is 13.8 Å². The first kappa shape index (κ1) is 11.5. The summed E-state index contributed by atoms with van der Waals surface area (Å²) < 4.78 is 4.79. The number of hydrogen-bond donors (Lipinski definition) is 1. The van der Waals surface area contributed by atoms with E-state index in [0.29, 0.717) is 6.04 Å². The van der Waals surface area contributed by atoms with Gasteiger partial charge in [-0.2, -0.15) is 0 Å². The van der Waals surface area contributed by atoms with Crippen molar-refractivity contribution < 1.29 is 9.53 Å². The van der Waals surface area contributed by atoms with Crippen LogP contribution < -0.4 is 5.32 Å². The van der Waals surface area contributed by atoms with Crippen molar-refractivity contribution >= 4 is 5.97 Å². The summed E-state index contributed by atoms with van der Waals surface area (Å²) in [6.07, 6.45) is 0. The van der Waals surface area contributed by atoms with Crippen molar-refractivity contribution in [3.05, 3.63) is 0 Å². The molecule has 0 bridgehead atoms. The molecule has 14 heavy (non-hydrogen) atoms. The molecule has 0 aromatic carbocycles. The van der Waals surface area contributed by atoms with Crippen molar-refractivity contribution in [3.8, 4) is 0 Å². The molecule has 1 rings (SSSR count). The van der Waals surface area contributed by atoms with Gasteiger partial charge in [0.2, 0.25) is 0 Å². The Hall–Kier alpha value is -0.610. The van der Waals surface area contributed by atoms with Gasteiger partial charge in [-0.05, 0) is 7.05 Å². The SMILES string of the molecule is COC(=O)C1CN(C)CC1NC(C)C. The number of rotatable bonds is 3. The Morgan fingerprint density at radius 2 is 2.14 bits per heavy atom. The highest BCUT2D eigenvalue weighted by Gasteiger charge is 2.36. The second-order valence-corrected chi connectivity index (χ2v) is 4.28. The average Bonchev–Trinajstić information content (AvgIpc) is 2.44. The van der Waals surface area contributed by atoms with Crippen LogP contribution in [0, 0.1) is 5.92 Å². The van der Waals surface area contributed by atoms with Gasteiger partial charge in [0, 0.05) is 25.2 Å². The van der Waals surface area contributed by atoms with Gasteiger partial charge in [0.25, 0.3) is 0 Å². The molecule has 0 saturated carbocycles. The molecule has 1 heterocycles. The molecule has 4 heteroatoms. The van der Waals surface area contributed by atoms with Crippen molar-refractivity contribution in [1.82, 2.24) is 10.2 Å². The highest BCUT2D eigenvalue weighted by molar-refractivity contribution is 5.74. The van der Waals surface area contributed by atoms with Crippen LogP contribution in [0.25, 0.3) is 0 Å². The predicted molar refractivity (Wildman–Crippen MR) is 55.1 cm³/mol. The summed E-state index contributed by atoms with van der Waals surface area (Å²) in [5, 5.41) is 3.39. The van der Waals surface area contributed by atoms with Crippen molar-refractivity contribution in [3.63, 3.8) is 0 Å². The van der Waals surface area contributed by atoms with E-state index in [1.165, 1.54) is 7.11 Å². The Labute approximate surface area is 85.6 Å². The number of carbonyl (C=O) groups excluding carboxylic acids is 1. The monoisotopic (exact) mass is 200 g/mol. The van der Waals surface area contributed by atoms with Crippen molar-refractivity contribution in [2.75, 3.05) is 27.2 Å². The van der Waals surface area contributed by atoms with E-state index in [1.54, 1.807) is 0 Å². The molecule has 1 saturated heterocycles. The van der Waals surface area contributed by atoms with Crippen LogP contribution in [-0.2, 0) is 9.53 Å². The zero-order chi connectivity index (χ0) is 10.7. The maximum absolute atomic E-state index is 11.5. The summed E-state index contributed by atoms with van der Waals surface area (Å²) in [5.41, 5.74) is 0. The second-order valence-electron chi connectivity index (χ2n) is 4.28. The van der Waals surface area contributed by atoms with Gasteiger partial charge in [0.1, 0.15) is 0 Å². The van der Waals surface area contributed by atoms with E-state index in [-0.39, 0.29) is 17.9 Å². The molecule has 0 radical (unpaired) electrons. The fourth-order valence-electron chi connectivity index (χ4n) is 1.99. The molecule has 0 aliphatic carbocycles. The molecule has 1 aliphatic heterocycles. The third-order valence-electron chi connectivity index (χ3n) is 2.55.